The molecule has 0 radical (unpaired) electrons. The van der Waals surface area contributed by atoms with E-state index in [0.29, 0.717) is 19.3 Å². The maximum atomic E-state index is 12.0. The van der Waals surface area contributed by atoms with Gasteiger partial charge in [0, 0.05) is 12.8 Å². The van der Waals surface area contributed by atoms with Crippen molar-refractivity contribution in [3.8, 4) is 0 Å². The Balaban J connectivity index is 3.46. The topological polar surface area (TPSA) is 93.1 Å². The van der Waals surface area contributed by atoms with Gasteiger partial charge in [0.15, 0.2) is 0 Å². The van der Waals surface area contributed by atoms with Gasteiger partial charge in [0.05, 0.1) is 6.10 Å². The van der Waals surface area contributed by atoms with E-state index in [1.807, 2.05) is 24.3 Å². The van der Waals surface area contributed by atoms with E-state index < -0.39 is 12.2 Å². The van der Waals surface area contributed by atoms with Crippen LogP contribution in [0.1, 0.15) is 200 Å². The van der Waals surface area contributed by atoms with Crippen molar-refractivity contribution in [1.82, 2.24) is 0 Å². The molecule has 0 aromatic carbocycles. The third-order valence-corrected chi connectivity index (χ3v) is 8.97. The van der Waals surface area contributed by atoms with Crippen molar-refractivity contribution in [3.05, 3.63) is 36.5 Å². The molecule has 0 saturated carbocycles. The van der Waals surface area contributed by atoms with Crippen molar-refractivity contribution in [2.45, 2.75) is 212 Å². The zero-order chi connectivity index (χ0) is 35.9. The minimum absolute atomic E-state index is 0.133. The van der Waals surface area contributed by atoms with E-state index in [9.17, 15) is 19.8 Å². The van der Waals surface area contributed by atoms with E-state index in [0.717, 1.165) is 64.2 Å². The first-order chi connectivity index (χ1) is 24.0. The molecule has 1 unspecified atom stereocenters. The lowest BCUT2D eigenvalue weighted by atomic mass is 10.0. The highest BCUT2D eigenvalue weighted by Crippen LogP contribution is 2.15. The lowest BCUT2D eigenvalue weighted by Crippen LogP contribution is -2.25. The number of hydrogen-bond donors (Lipinski definition) is 2. The van der Waals surface area contributed by atoms with Crippen LogP contribution in [0.5, 0.6) is 0 Å². The molecule has 0 aromatic heterocycles. The Morgan fingerprint density at radius 2 is 0.918 bits per heavy atom. The standard InChI is InChI=1S/C43H78O6/c1-3-5-7-8-9-10-11-12-13-14-15-16-17-18-19-22-25-28-32-36-42(46)48-38-41(45)39-49-43(47)37-33-29-26-23-20-21-24-27-31-35-40(44)34-30-6-4-2/h6,24,27,30-31,35,40-41,44-45H,3-5,7-23,25-26,28-29,32-34,36-39H2,1-2H3/b27-24+,30-6+,35-31+/t40?,41-/m0/s1. The van der Waals surface area contributed by atoms with Crippen LogP contribution in [0.15, 0.2) is 36.5 Å². The fourth-order valence-corrected chi connectivity index (χ4v) is 5.83. The molecule has 0 aliphatic heterocycles. The van der Waals surface area contributed by atoms with Crippen molar-refractivity contribution >= 4 is 11.9 Å². The number of allylic oxidation sites excluding steroid dienone is 4. The summed E-state index contributed by atoms with van der Waals surface area (Å²) in [6, 6.07) is 0. The minimum Gasteiger partial charge on any atom is -0.463 e. The largest absolute Gasteiger partial charge is 0.463 e. The van der Waals surface area contributed by atoms with Gasteiger partial charge in [-0.15, -0.1) is 0 Å². The summed E-state index contributed by atoms with van der Waals surface area (Å²) in [6.07, 6.45) is 43.9. The highest BCUT2D eigenvalue weighted by molar-refractivity contribution is 5.69. The quantitative estimate of drug-likeness (QED) is 0.0292. The van der Waals surface area contributed by atoms with Gasteiger partial charge in [-0.05, 0) is 38.5 Å². The third kappa shape index (κ3) is 38.7. The summed E-state index contributed by atoms with van der Waals surface area (Å²) >= 11 is 0. The molecule has 0 bridgehead atoms. The zero-order valence-electron chi connectivity index (χ0n) is 32.1. The first-order valence-electron chi connectivity index (χ1n) is 20.6. The summed E-state index contributed by atoms with van der Waals surface area (Å²) in [5.41, 5.74) is 0. The normalized spacial score (nSPS) is 13.1. The highest BCUT2D eigenvalue weighted by Gasteiger charge is 2.12. The molecule has 0 aliphatic carbocycles. The molecule has 0 aliphatic rings. The number of aliphatic hydroxyl groups excluding tert-OH is 2. The van der Waals surface area contributed by atoms with Gasteiger partial charge in [-0.3, -0.25) is 9.59 Å². The first-order valence-corrected chi connectivity index (χ1v) is 20.6. The van der Waals surface area contributed by atoms with Crippen LogP contribution in [-0.4, -0.2) is 47.6 Å². The second kappa shape index (κ2) is 38.9. The van der Waals surface area contributed by atoms with Gasteiger partial charge in [-0.25, -0.2) is 0 Å². The Morgan fingerprint density at radius 1 is 0.510 bits per heavy atom. The van der Waals surface area contributed by atoms with Crippen LogP contribution in [0.25, 0.3) is 0 Å². The Bertz CT molecular complexity index is 804. The van der Waals surface area contributed by atoms with Crippen molar-refractivity contribution in [2.75, 3.05) is 13.2 Å². The second-order valence-electron chi connectivity index (χ2n) is 13.9. The maximum Gasteiger partial charge on any atom is 0.305 e. The van der Waals surface area contributed by atoms with Gasteiger partial charge in [-0.1, -0.05) is 185 Å². The average Bonchev–Trinajstić information content (AvgIpc) is 3.09. The minimum atomic E-state index is -0.984. The van der Waals surface area contributed by atoms with Gasteiger partial charge in [0.2, 0.25) is 0 Å². The molecular weight excluding hydrogens is 612 g/mol. The molecule has 49 heavy (non-hydrogen) atoms. The van der Waals surface area contributed by atoms with Crippen LogP contribution in [0, 0.1) is 0 Å². The fraction of sp³-hybridized carbons (Fsp3) is 0.814. The number of hydrogen-bond acceptors (Lipinski definition) is 6. The van der Waals surface area contributed by atoms with Gasteiger partial charge >= 0.3 is 11.9 Å². The second-order valence-corrected chi connectivity index (χ2v) is 13.9. The summed E-state index contributed by atoms with van der Waals surface area (Å²) in [7, 11) is 0. The third-order valence-electron chi connectivity index (χ3n) is 8.97. The summed E-state index contributed by atoms with van der Waals surface area (Å²) in [6.45, 7) is 4.08. The van der Waals surface area contributed by atoms with Crippen LogP contribution >= 0.6 is 0 Å². The summed E-state index contributed by atoms with van der Waals surface area (Å²) in [5, 5.41) is 19.8. The Morgan fingerprint density at radius 3 is 1.35 bits per heavy atom. The van der Waals surface area contributed by atoms with Crippen molar-refractivity contribution in [1.29, 1.82) is 0 Å². The van der Waals surface area contributed by atoms with Gasteiger partial charge < -0.3 is 19.7 Å². The predicted molar refractivity (Wildman–Crippen MR) is 207 cm³/mol. The van der Waals surface area contributed by atoms with Crippen molar-refractivity contribution < 1.29 is 29.3 Å². The first kappa shape index (κ1) is 47.1. The Labute approximate surface area is 302 Å². The molecule has 0 saturated heterocycles. The molecule has 6 nitrogen and oxygen atoms in total. The smallest absolute Gasteiger partial charge is 0.305 e. The Kier molecular flexibility index (Phi) is 37.4. The molecule has 6 heteroatoms. The van der Waals surface area contributed by atoms with Crippen molar-refractivity contribution in [3.63, 3.8) is 0 Å². The van der Waals surface area contributed by atoms with Crippen LogP contribution in [0.2, 0.25) is 0 Å². The van der Waals surface area contributed by atoms with Crippen LogP contribution in [-0.2, 0) is 19.1 Å². The average molecular weight is 691 g/mol. The molecule has 0 aromatic rings. The fourth-order valence-electron chi connectivity index (χ4n) is 5.83. The molecule has 0 amide bonds. The molecule has 286 valence electrons. The number of carbonyl (C=O) groups excluding carboxylic acids is 2. The van der Waals surface area contributed by atoms with Gasteiger partial charge in [0.25, 0.3) is 0 Å². The monoisotopic (exact) mass is 691 g/mol. The molecule has 0 heterocycles. The predicted octanol–water partition coefficient (Wildman–Crippen LogP) is 11.8. The molecule has 0 spiro atoms. The van der Waals surface area contributed by atoms with E-state index in [-0.39, 0.29) is 25.2 Å². The van der Waals surface area contributed by atoms with Crippen LogP contribution < -0.4 is 0 Å². The summed E-state index contributed by atoms with van der Waals surface area (Å²) in [4.78, 5) is 24.0. The molecule has 2 N–H and O–H groups in total. The lowest BCUT2D eigenvalue weighted by Gasteiger charge is -2.12. The van der Waals surface area contributed by atoms with E-state index in [1.165, 1.54) is 103 Å². The van der Waals surface area contributed by atoms with Crippen LogP contribution in [0.3, 0.4) is 0 Å². The molecule has 0 rings (SSSR count). The number of esters is 2. The van der Waals surface area contributed by atoms with Crippen molar-refractivity contribution in [2.24, 2.45) is 0 Å². The van der Waals surface area contributed by atoms with Gasteiger partial charge in [-0.2, -0.15) is 0 Å². The summed E-state index contributed by atoms with van der Waals surface area (Å²) < 4.78 is 10.3. The zero-order valence-corrected chi connectivity index (χ0v) is 32.1. The molecule has 2 atom stereocenters. The highest BCUT2D eigenvalue weighted by atomic mass is 16.6. The maximum absolute atomic E-state index is 12.0. The van der Waals surface area contributed by atoms with E-state index in [1.54, 1.807) is 0 Å². The Hall–Kier alpha value is -1.92. The van der Waals surface area contributed by atoms with E-state index in [4.69, 9.17) is 9.47 Å². The van der Waals surface area contributed by atoms with E-state index >= 15 is 0 Å². The van der Waals surface area contributed by atoms with E-state index in [2.05, 4.69) is 26.0 Å². The number of rotatable bonds is 37. The summed E-state index contributed by atoms with van der Waals surface area (Å²) in [5.74, 6) is -0.611. The number of unbranched alkanes of at least 4 members (excludes halogenated alkanes) is 23. The number of ether oxygens (including phenoxy) is 2. The number of aliphatic hydroxyl groups is 2. The number of carbonyl (C=O) groups is 2. The van der Waals surface area contributed by atoms with Crippen LogP contribution in [0.4, 0.5) is 0 Å². The molecular formula is C43H78O6. The molecule has 0 fully saturated rings. The van der Waals surface area contributed by atoms with Gasteiger partial charge in [0.1, 0.15) is 19.3 Å². The SMILES string of the molecule is CC/C=C/CC(O)/C=C/C=C/CCCCCCCC(=O)OC[C@@H](O)COC(=O)CCCCCCCCCCCCCCCCCCCCC. The lowest BCUT2D eigenvalue weighted by molar-refractivity contribution is -0.152.